The number of nitrogens with one attached hydrogen (secondary N) is 1. The van der Waals surface area contributed by atoms with Crippen LogP contribution in [0.1, 0.15) is 31.7 Å². The van der Waals surface area contributed by atoms with E-state index in [2.05, 4.69) is 15.3 Å². The van der Waals surface area contributed by atoms with E-state index in [-0.39, 0.29) is 17.2 Å². The zero-order valence-corrected chi connectivity index (χ0v) is 16.5. The normalized spacial score (nSPS) is 15.7. The van der Waals surface area contributed by atoms with Crippen LogP contribution in [0.15, 0.2) is 46.6 Å². The Morgan fingerprint density at radius 2 is 2.24 bits per heavy atom. The van der Waals surface area contributed by atoms with Crippen molar-refractivity contribution in [2.45, 2.75) is 38.8 Å². The third kappa shape index (κ3) is 5.51. The van der Waals surface area contributed by atoms with Gasteiger partial charge in [0.05, 0.1) is 5.69 Å². The van der Waals surface area contributed by atoms with E-state index in [1.807, 2.05) is 6.92 Å². The van der Waals surface area contributed by atoms with E-state index >= 15 is 0 Å². The average molecular weight is 399 g/mol. The van der Waals surface area contributed by atoms with Gasteiger partial charge in [0.25, 0.3) is 5.56 Å². The van der Waals surface area contributed by atoms with Crippen LogP contribution in [0, 0.1) is 5.82 Å². The number of hydrogen-bond donors (Lipinski definition) is 2. The minimum atomic E-state index is -0.436. The van der Waals surface area contributed by atoms with Crippen LogP contribution in [0.2, 0.25) is 0 Å². The minimum absolute atomic E-state index is 0.0803. The largest absolute Gasteiger partial charge is 0.404 e. The summed E-state index contributed by atoms with van der Waals surface area (Å²) in [7, 11) is 0. The molecule has 1 saturated heterocycles. The molecule has 1 aliphatic rings. The molecule has 3 rings (SSSR count). The zero-order valence-electron chi connectivity index (χ0n) is 16.5. The first-order chi connectivity index (χ1) is 14.1. The predicted molar refractivity (Wildman–Crippen MR) is 113 cm³/mol. The molecule has 3 N–H and O–H groups in total. The Morgan fingerprint density at radius 1 is 1.45 bits per heavy atom. The molecule has 0 unspecified atom stereocenters. The number of rotatable bonds is 7. The Morgan fingerprint density at radius 3 is 2.93 bits per heavy atom. The summed E-state index contributed by atoms with van der Waals surface area (Å²) in [4.78, 5) is 20.5. The van der Waals surface area contributed by atoms with Gasteiger partial charge in [-0.05, 0) is 25.3 Å². The maximum Gasteiger partial charge on any atom is 0.250 e. The smallest absolute Gasteiger partial charge is 0.250 e. The van der Waals surface area contributed by atoms with E-state index in [1.165, 1.54) is 30.7 Å². The fraction of sp³-hybridized carbons (Fsp3) is 0.381. The molecule has 0 aromatic carbocycles. The number of anilines is 1. The lowest BCUT2D eigenvalue weighted by molar-refractivity contribution is 0.0904. The van der Waals surface area contributed by atoms with Crippen LogP contribution in [0.4, 0.5) is 15.9 Å². The lowest BCUT2D eigenvalue weighted by atomic mass is 10.1. The van der Waals surface area contributed by atoms with Crippen molar-refractivity contribution in [3.8, 4) is 0 Å². The number of aliphatic imine (C=N–C) groups is 1. The lowest BCUT2D eigenvalue weighted by Crippen LogP contribution is -2.28. The second-order valence-corrected chi connectivity index (χ2v) is 6.88. The Bertz CT molecular complexity index is 948. The van der Waals surface area contributed by atoms with E-state index in [9.17, 15) is 9.18 Å². The second kappa shape index (κ2) is 9.97. The number of allylic oxidation sites excluding steroid dienone is 1. The van der Waals surface area contributed by atoms with Crippen LogP contribution in [0.5, 0.6) is 0 Å². The number of hydrogen-bond acceptors (Lipinski definition) is 6. The van der Waals surface area contributed by atoms with E-state index < -0.39 is 5.82 Å². The summed E-state index contributed by atoms with van der Waals surface area (Å²) < 4.78 is 21.6. The van der Waals surface area contributed by atoms with Crippen LogP contribution in [0.25, 0.3) is 5.57 Å². The molecular weight excluding hydrogens is 373 g/mol. The van der Waals surface area contributed by atoms with Gasteiger partial charge < -0.3 is 20.4 Å². The van der Waals surface area contributed by atoms with Gasteiger partial charge in [0.15, 0.2) is 0 Å². The molecule has 8 heteroatoms. The summed E-state index contributed by atoms with van der Waals surface area (Å²) in [5, 5.41) is 3.24. The molecule has 3 heterocycles. The van der Waals surface area contributed by atoms with Crippen molar-refractivity contribution in [3.05, 3.63) is 58.5 Å². The highest BCUT2D eigenvalue weighted by Crippen LogP contribution is 2.21. The average Bonchev–Trinajstić information content (AvgIpc) is 2.73. The Labute approximate surface area is 169 Å². The molecule has 0 bridgehead atoms. The van der Waals surface area contributed by atoms with E-state index in [0.29, 0.717) is 36.8 Å². The molecule has 0 saturated carbocycles. The first-order valence-electron chi connectivity index (χ1n) is 9.77. The topological polar surface area (TPSA) is 94.5 Å². The highest BCUT2D eigenvalue weighted by Gasteiger charge is 2.15. The first-order valence-corrected chi connectivity index (χ1v) is 9.77. The summed E-state index contributed by atoms with van der Waals surface area (Å²) in [6, 6.07) is 4.68. The highest BCUT2D eigenvalue weighted by atomic mass is 19.1. The lowest BCUT2D eigenvalue weighted by Gasteiger charge is -2.23. The Balaban J connectivity index is 1.75. The molecule has 0 atom stereocenters. The molecule has 7 nitrogen and oxygen atoms in total. The van der Waals surface area contributed by atoms with Crippen molar-refractivity contribution in [1.29, 1.82) is 0 Å². The molecule has 154 valence electrons. The molecule has 0 amide bonds. The van der Waals surface area contributed by atoms with Gasteiger partial charge in [-0.25, -0.2) is 9.37 Å². The summed E-state index contributed by atoms with van der Waals surface area (Å²) in [6.07, 6.45) is 8.45. The summed E-state index contributed by atoms with van der Waals surface area (Å²) in [5.74, 6) is 0.0479. The number of aryl methyl sites for hydroxylation is 1. The number of nitrogens with two attached hydrogens (primary N) is 1. The van der Waals surface area contributed by atoms with Crippen molar-refractivity contribution in [2.75, 3.05) is 18.5 Å². The van der Waals surface area contributed by atoms with Crippen LogP contribution >= 0.6 is 0 Å². The van der Waals surface area contributed by atoms with Crippen LogP contribution < -0.4 is 16.6 Å². The van der Waals surface area contributed by atoms with Crippen molar-refractivity contribution < 1.29 is 9.13 Å². The summed E-state index contributed by atoms with van der Waals surface area (Å²) in [6.45, 7) is 4.00. The van der Waals surface area contributed by atoms with Gasteiger partial charge in [-0.2, -0.15) is 0 Å². The SMILES string of the molecule is CCCn1cc(N=C/C(=C\N)c2cnc(NC3CCOCC3)cc2F)ccc1=O. The van der Waals surface area contributed by atoms with Gasteiger partial charge in [0.2, 0.25) is 0 Å². The monoisotopic (exact) mass is 399 g/mol. The molecule has 0 spiro atoms. The highest BCUT2D eigenvalue weighted by molar-refractivity contribution is 6.10. The maximum absolute atomic E-state index is 14.7. The minimum Gasteiger partial charge on any atom is -0.404 e. The molecule has 2 aromatic rings. The Kier molecular flexibility index (Phi) is 7.13. The molecule has 1 aliphatic heterocycles. The number of halogens is 1. The molecule has 1 fully saturated rings. The van der Waals surface area contributed by atoms with E-state index in [1.54, 1.807) is 16.8 Å². The molecule has 2 aromatic heterocycles. The Hall–Kier alpha value is -3.00. The number of aromatic nitrogens is 2. The van der Waals surface area contributed by atoms with Crippen LogP contribution in [0.3, 0.4) is 0 Å². The number of ether oxygens (including phenoxy) is 1. The second-order valence-electron chi connectivity index (χ2n) is 6.88. The van der Waals surface area contributed by atoms with Gasteiger partial charge in [-0.15, -0.1) is 0 Å². The van der Waals surface area contributed by atoms with E-state index in [0.717, 1.165) is 19.3 Å². The zero-order chi connectivity index (χ0) is 20.6. The predicted octanol–water partition coefficient (Wildman–Crippen LogP) is 3.09. The van der Waals surface area contributed by atoms with Crippen molar-refractivity contribution in [3.63, 3.8) is 0 Å². The van der Waals surface area contributed by atoms with Gasteiger partial charge in [-0.1, -0.05) is 6.92 Å². The van der Waals surface area contributed by atoms with Gasteiger partial charge in [0, 0.05) is 73.9 Å². The molecule has 0 aliphatic carbocycles. The standard InChI is InChI=1S/C21H26FN5O2/c1-2-7-27-14-17(3-4-21(27)28)24-12-15(11-23)18-13-25-20(10-19(18)22)26-16-5-8-29-9-6-16/h3-4,10-14,16H,2,5-9,23H2,1H3,(H,25,26)/b15-11+,24-12?. The van der Waals surface area contributed by atoms with E-state index in [4.69, 9.17) is 10.5 Å². The molecule has 29 heavy (non-hydrogen) atoms. The van der Waals surface area contributed by atoms with Gasteiger partial charge in [0.1, 0.15) is 11.6 Å². The molecular formula is C21H26FN5O2. The quantitative estimate of drug-likeness (QED) is 0.698. The van der Waals surface area contributed by atoms with Crippen LogP contribution in [-0.4, -0.2) is 35.0 Å². The fourth-order valence-electron chi connectivity index (χ4n) is 3.13. The molecule has 0 radical (unpaired) electrons. The third-order valence-electron chi connectivity index (χ3n) is 4.70. The number of pyridine rings is 2. The van der Waals surface area contributed by atoms with Crippen LogP contribution in [-0.2, 0) is 11.3 Å². The summed E-state index contributed by atoms with van der Waals surface area (Å²) in [5.41, 5.74) is 6.86. The van der Waals surface area contributed by atoms with Crippen molar-refractivity contribution >= 4 is 23.3 Å². The first kappa shape index (κ1) is 20.7. The van der Waals surface area contributed by atoms with Gasteiger partial charge >= 0.3 is 0 Å². The summed E-state index contributed by atoms with van der Waals surface area (Å²) >= 11 is 0. The maximum atomic E-state index is 14.7. The number of nitrogens with zero attached hydrogens (tertiary/aromatic N) is 3. The third-order valence-corrected chi connectivity index (χ3v) is 4.70. The van der Waals surface area contributed by atoms with Gasteiger partial charge in [-0.3, -0.25) is 9.79 Å². The fourth-order valence-corrected chi connectivity index (χ4v) is 3.13. The van der Waals surface area contributed by atoms with Crippen molar-refractivity contribution in [2.24, 2.45) is 10.7 Å². The van der Waals surface area contributed by atoms with Crippen molar-refractivity contribution in [1.82, 2.24) is 9.55 Å².